The molecule has 55 heavy (non-hydrogen) atoms. The van der Waals surface area contributed by atoms with Gasteiger partial charge in [-0.15, -0.1) is 0 Å². The van der Waals surface area contributed by atoms with Crippen LogP contribution in [0, 0.1) is 11.8 Å². The summed E-state index contributed by atoms with van der Waals surface area (Å²) in [6.07, 6.45) is 7.40. The van der Waals surface area contributed by atoms with Gasteiger partial charge in [0, 0.05) is 0 Å². The predicted molar refractivity (Wildman–Crippen MR) is 217 cm³/mol. The molecule has 2 unspecified atom stereocenters. The van der Waals surface area contributed by atoms with Crippen LogP contribution in [0.5, 0.6) is 23.0 Å². The second-order valence-electron chi connectivity index (χ2n) is 14.6. The first kappa shape index (κ1) is 42.0. The van der Waals surface area contributed by atoms with Gasteiger partial charge in [-0.25, -0.2) is 0 Å². The van der Waals surface area contributed by atoms with Crippen LogP contribution in [-0.2, 0) is 32.0 Å². The molecule has 0 saturated carbocycles. The Morgan fingerprint density at radius 3 is 1.20 bits per heavy atom. The van der Waals surface area contributed by atoms with Crippen molar-refractivity contribution in [3.63, 3.8) is 0 Å². The Bertz CT molecular complexity index is 1860. The van der Waals surface area contributed by atoms with Gasteiger partial charge < -0.3 is 18.9 Å². The van der Waals surface area contributed by atoms with Crippen LogP contribution in [0.1, 0.15) is 93.2 Å². The lowest BCUT2D eigenvalue weighted by atomic mass is 9.97. The Morgan fingerprint density at radius 2 is 0.873 bits per heavy atom. The van der Waals surface area contributed by atoms with Gasteiger partial charge in [0.2, 0.25) is 0 Å². The van der Waals surface area contributed by atoms with E-state index in [1.54, 1.807) is 62.4 Å². The van der Waals surface area contributed by atoms with Gasteiger partial charge >= 0.3 is 11.9 Å². The standard InChI is InChI=1S/C47H52O8/c1-30(2)25-34-9-17-38(18-10-34)32(5)46(50)54-42-23-15-36(27-44(42)52-7)13-21-40(48)29-41(49)22-14-37-16-24-43(45(28-37)53-8)55-47(51)33(6)39-19-11-35(12-20-39)26-31(3)4/h9-24,27-28,30-33H,25-26,29H2,1-8H3/b21-13+,22-14+. The number of benzene rings is 4. The average Bonchev–Trinajstić information content (AvgIpc) is 3.16. The summed E-state index contributed by atoms with van der Waals surface area (Å²) in [5, 5.41) is 0. The van der Waals surface area contributed by atoms with Crippen LogP contribution in [0.3, 0.4) is 0 Å². The topological polar surface area (TPSA) is 105 Å². The minimum Gasteiger partial charge on any atom is -0.493 e. The van der Waals surface area contributed by atoms with E-state index in [9.17, 15) is 19.2 Å². The lowest BCUT2D eigenvalue weighted by Gasteiger charge is -2.15. The van der Waals surface area contributed by atoms with Crippen LogP contribution in [0.25, 0.3) is 12.2 Å². The summed E-state index contributed by atoms with van der Waals surface area (Å²) >= 11 is 0. The molecule has 4 aromatic carbocycles. The minimum absolute atomic E-state index is 0.264. The van der Waals surface area contributed by atoms with Crippen LogP contribution in [0.15, 0.2) is 97.1 Å². The molecule has 0 radical (unpaired) electrons. The Kier molecular flexibility index (Phi) is 15.3. The van der Waals surface area contributed by atoms with Crippen molar-refractivity contribution in [3.8, 4) is 23.0 Å². The molecule has 0 aliphatic heterocycles. The fourth-order valence-electron chi connectivity index (χ4n) is 5.91. The maximum Gasteiger partial charge on any atom is 0.318 e. The van der Waals surface area contributed by atoms with Crippen LogP contribution in [0.4, 0.5) is 0 Å². The summed E-state index contributed by atoms with van der Waals surface area (Å²) < 4.78 is 22.3. The third-order valence-corrected chi connectivity index (χ3v) is 9.02. The molecular formula is C47H52O8. The van der Waals surface area contributed by atoms with E-state index in [1.807, 2.05) is 48.5 Å². The molecule has 8 heteroatoms. The number of carbonyl (C=O) groups is 4. The molecule has 0 aromatic heterocycles. The van der Waals surface area contributed by atoms with Crippen LogP contribution in [-0.4, -0.2) is 37.7 Å². The normalized spacial score (nSPS) is 12.5. The highest BCUT2D eigenvalue weighted by Gasteiger charge is 2.21. The van der Waals surface area contributed by atoms with Crippen molar-refractivity contribution in [1.29, 1.82) is 0 Å². The van der Waals surface area contributed by atoms with Crippen molar-refractivity contribution in [1.82, 2.24) is 0 Å². The van der Waals surface area contributed by atoms with Crippen molar-refractivity contribution < 1.29 is 38.1 Å². The van der Waals surface area contributed by atoms with Crippen LogP contribution in [0.2, 0.25) is 0 Å². The first-order valence-electron chi connectivity index (χ1n) is 18.6. The third kappa shape index (κ3) is 12.7. The summed E-state index contributed by atoms with van der Waals surface area (Å²) in [5.74, 6) is -0.288. The first-order valence-corrected chi connectivity index (χ1v) is 18.6. The number of hydrogen-bond donors (Lipinski definition) is 0. The maximum atomic E-state index is 13.0. The molecule has 0 aliphatic carbocycles. The number of ether oxygens (including phenoxy) is 4. The maximum absolute atomic E-state index is 13.0. The van der Waals surface area contributed by atoms with Gasteiger partial charge in [0.25, 0.3) is 0 Å². The second kappa shape index (κ2) is 20.1. The number of esters is 2. The zero-order chi connectivity index (χ0) is 40.1. The number of rotatable bonds is 18. The monoisotopic (exact) mass is 744 g/mol. The van der Waals surface area contributed by atoms with Gasteiger partial charge in [0.05, 0.1) is 32.5 Å². The van der Waals surface area contributed by atoms with Gasteiger partial charge in [-0.1, -0.05) is 101 Å². The predicted octanol–water partition coefficient (Wildman–Crippen LogP) is 9.77. The molecule has 4 aromatic rings. The SMILES string of the molecule is COc1cc(/C=C/C(=O)CC(=O)/C=C/c2ccc(OC(=O)C(C)c3ccc(CC(C)C)cc3)c(OC)c2)ccc1OC(=O)C(C)c1ccc(CC(C)C)cc1. The summed E-state index contributed by atoms with van der Waals surface area (Å²) in [6, 6.07) is 25.9. The molecule has 0 fully saturated rings. The molecular weight excluding hydrogens is 693 g/mol. The number of hydrogen-bond acceptors (Lipinski definition) is 8. The Hall–Kier alpha value is -5.76. The lowest BCUT2D eigenvalue weighted by Crippen LogP contribution is -2.16. The van der Waals surface area contributed by atoms with E-state index in [1.165, 1.54) is 37.5 Å². The molecule has 0 amide bonds. The van der Waals surface area contributed by atoms with Crippen molar-refractivity contribution in [2.75, 3.05) is 14.2 Å². The second-order valence-corrected chi connectivity index (χ2v) is 14.6. The Labute approximate surface area is 325 Å². The van der Waals surface area contributed by atoms with Crippen molar-refractivity contribution in [3.05, 3.63) is 130 Å². The van der Waals surface area contributed by atoms with E-state index in [-0.39, 0.29) is 29.5 Å². The Balaban J connectivity index is 1.30. The lowest BCUT2D eigenvalue weighted by molar-refractivity contribution is -0.136. The fourth-order valence-corrected chi connectivity index (χ4v) is 5.91. The van der Waals surface area contributed by atoms with Gasteiger partial charge in [0.15, 0.2) is 34.6 Å². The molecule has 0 spiro atoms. The van der Waals surface area contributed by atoms with E-state index < -0.39 is 23.8 Å². The molecule has 0 bridgehead atoms. The third-order valence-electron chi connectivity index (χ3n) is 9.02. The van der Waals surface area contributed by atoms with Crippen molar-refractivity contribution in [2.24, 2.45) is 11.8 Å². The summed E-state index contributed by atoms with van der Waals surface area (Å²) in [6.45, 7) is 12.3. The number of carbonyl (C=O) groups excluding carboxylic acids is 4. The highest BCUT2D eigenvalue weighted by atomic mass is 16.6. The van der Waals surface area contributed by atoms with Crippen molar-refractivity contribution in [2.45, 2.75) is 72.6 Å². The highest BCUT2D eigenvalue weighted by Crippen LogP contribution is 2.32. The smallest absolute Gasteiger partial charge is 0.318 e. The number of ketones is 2. The molecule has 0 aliphatic rings. The van der Waals surface area contributed by atoms with Gasteiger partial charge in [-0.2, -0.15) is 0 Å². The molecule has 2 atom stereocenters. The molecule has 4 rings (SSSR count). The number of allylic oxidation sites excluding steroid dienone is 2. The van der Waals surface area contributed by atoms with Crippen LogP contribution >= 0.6 is 0 Å². The van der Waals surface area contributed by atoms with Crippen LogP contribution < -0.4 is 18.9 Å². The van der Waals surface area contributed by atoms with Gasteiger partial charge in [-0.05, 0) is 108 Å². The molecule has 288 valence electrons. The summed E-state index contributed by atoms with van der Waals surface area (Å²) in [5.41, 5.74) is 5.42. The number of methoxy groups -OCH3 is 2. The largest absolute Gasteiger partial charge is 0.493 e. The first-order chi connectivity index (χ1) is 26.3. The van der Waals surface area contributed by atoms with Gasteiger partial charge in [0.1, 0.15) is 0 Å². The fraction of sp³-hybridized carbons (Fsp3) is 0.319. The zero-order valence-electron chi connectivity index (χ0n) is 33.1. The van der Waals surface area contributed by atoms with E-state index in [2.05, 4.69) is 27.7 Å². The minimum atomic E-state index is -0.481. The van der Waals surface area contributed by atoms with E-state index in [0.717, 1.165) is 24.0 Å². The Morgan fingerprint density at radius 1 is 0.509 bits per heavy atom. The van der Waals surface area contributed by atoms with E-state index >= 15 is 0 Å². The van der Waals surface area contributed by atoms with E-state index in [4.69, 9.17) is 18.9 Å². The van der Waals surface area contributed by atoms with E-state index in [0.29, 0.717) is 34.5 Å². The highest BCUT2D eigenvalue weighted by molar-refractivity contribution is 6.11. The molecule has 0 saturated heterocycles. The zero-order valence-corrected chi connectivity index (χ0v) is 33.1. The molecule has 0 heterocycles. The summed E-state index contributed by atoms with van der Waals surface area (Å²) in [7, 11) is 2.94. The quantitative estimate of drug-likeness (QED) is 0.0429. The van der Waals surface area contributed by atoms with Crippen molar-refractivity contribution >= 4 is 35.7 Å². The molecule has 0 N–H and O–H groups in total. The average molecular weight is 745 g/mol. The van der Waals surface area contributed by atoms with Gasteiger partial charge in [-0.3, -0.25) is 19.2 Å². The summed E-state index contributed by atoms with van der Waals surface area (Å²) in [4.78, 5) is 51.2. The molecule has 8 nitrogen and oxygen atoms in total.